The van der Waals surface area contributed by atoms with Crippen LogP contribution in [0.4, 0.5) is 0 Å². The summed E-state index contributed by atoms with van der Waals surface area (Å²) in [5, 5.41) is 0.466. The Labute approximate surface area is 180 Å². The quantitative estimate of drug-likeness (QED) is 0.566. The molecule has 0 amide bonds. The van der Waals surface area contributed by atoms with Gasteiger partial charge in [0.25, 0.3) is 0 Å². The van der Waals surface area contributed by atoms with Crippen molar-refractivity contribution >= 4 is 26.8 Å². The van der Waals surface area contributed by atoms with Gasteiger partial charge in [-0.3, -0.25) is 4.79 Å². The normalized spacial score (nSPS) is 14.4. The van der Waals surface area contributed by atoms with Crippen molar-refractivity contribution in [3.8, 4) is 0 Å². The van der Waals surface area contributed by atoms with Crippen molar-refractivity contribution in [2.75, 3.05) is 13.4 Å². The molecule has 0 unspecified atom stereocenters. The maximum Gasteiger partial charge on any atom is 0.355 e. The summed E-state index contributed by atoms with van der Waals surface area (Å²) in [4.78, 5) is 31.1. The number of nitrogens with zero attached hydrogens (tertiary/aromatic N) is 2. The molecular formula is C23H24N2O5S. The zero-order valence-electron chi connectivity index (χ0n) is 17.7. The average Bonchev–Trinajstić information content (AvgIpc) is 2.69. The van der Waals surface area contributed by atoms with Crippen LogP contribution < -0.4 is 5.43 Å². The van der Waals surface area contributed by atoms with Gasteiger partial charge in [-0.2, -0.15) is 0 Å². The molecular weight excluding hydrogens is 416 g/mol. The largest absolute Gasteiger partial charge is 0.464 e. The summed E-state index contributed by atoms with van der Waals surface area (Å²) in [6.45, 7) is 1.85. The second-order valence-electron chi connectivity index (χ2n) is 8.02. The molecule has 31 heavy (non-hydrogen) atoms. The number of esters is 1. The smallest absolute Gasteiger partial charge is 0.355 e. The average molecular weight is 441 g/mol. The van der Waals surface area contributed by atoms with Crippen LogP contribution in [-0.4, -0.2) is 37.3 Å². The van der Waals surface area contributed by atoms with Gasteiger partial charge in [0.1, 0.15) is 11.3 Å². The Hall–Kier alpha value is -3.00. The van der Waals surface area contributed by atoms with E-state index in [1.165, 1.54) is 19.2 Å². The molecule has 1 aliphatic carbocycles. The molecule has 1 aromatic carbocycles. The Bertz CT molecular complexity index is 1340. The van der Waals surface area contributed by atoms with E-state index in [2.05, 4.69) is 4.98 Å². The van der Waals surface area contributed by atoms with E-state index in [4.69, 9.17) is 4.74 Å². The molecule has 1 saturated carbocycles. The van der Waals surface area contributed by atoms with E-state index in [0.29, 0.717) is 16.6 Å². The van der Waals surface area contributed by atoms with Crippen LogP contribution in [0, 0.1) is 6.92 Å². The van der Waals surface area contributed by atoms with Crippen LogP contribution in [-0.2, 0) is 21.0 Å². The molecule has 0 N–H and O–H groups in total. The standard InChI is InChI=1S/C23H24N2O5S/c1-14-7-12-18-21(26)19(13-15-8-10-17(11-9-15)31(3,28)29)20(23(27)30-2)25(22(18)24-14)16-5-4-6-16/h7-12,16H,4-6,13H2,1-3H3. The number of aryl methyl sites for hydroxylation is 1. The van der Waals surface area contributed by atoms with E-state index < -0.39 is 15.8 Å². The van der Waals surface area contributed by atoms with Gasteiger partial charge in [-0.25, -0.2) is 18.2 Å². The number of pyridine rings is 2. The monoisotopic (exact) mass is 440 g/mol. The van der Waals surface area contributed by atoms with Crippen LogP contribution in [0.5, 0.6) is 0 Å². The van der Waals surface area contributed by atoms with E-state index in [0.717, 1.165) is 36.8 Å². The summed E-state index contributed by atoms with van der Waals surface area (Å²) >= 11 is 0. The fourth-order valence-corrected chi connectivity index (χ4v) is 4.60. The highest BCUT2D eigenvalue weighted by molar-refractivity contribution is 7.90. The van der Waals surface area contributed by atoms with E-state index in [9.17, 15) is 18.0 Å². The summed E-state index contributed by atoms with van der Waals surface area (Å²) in [6.07, 6.45) is 4.18. The molecule has 2 aromatic heterocycles. The number of aromatic nitrogens is 2. The summed E-state index contributed by atoms with van der Waals surface area (Å²) in [7, 11) is -2.02. The van der Waals surface area contributed by atoms with Crippen molar-refractivity contribution in [1.29, 1.82) is 0 Å². The number of sulfone groups is 1. The number of methoxy groups -OCH3 is 1. The first-order valence-electron chi connectivity index (χ1n) is 10.1. The molecule has 0 radical (unpaired) electrons. The van der Waals surface area contributed by atoms with Crippen molar-refractivity contribution < 1.29 is 17.9 Å². The van der Waals surface area contributed by atoms with Gasteiger partial charge in [0, 0.05) is 30.0 Å². The first-order chi connectivity index (χ1) is 14.7. The number of ether oxygens (including phenoxy) is 1. The highest BCUT2D eigenvalue weighted by Crippen LogP contribution is 2.35. The summed E-state index contributed by atoms with van der Waals surface area (Å²) in [5.74, 6) is -0.572. The second kappa shape index (κ2) is 7.92. The minimum absolute atomic E-state index is 0.0814. The minimum atomic E-state index is -3.32. The molecule has 0 saturated heterocycles. The molecule has 3 aromatic rings. The van der Waals surface area contributed by atoms with Gasteiger partial charge in [0.2, 0.25) is 0 Å². The molecule has 8 heteroatoms. The third-order valence-electron chi connectivity index (χ3n) is 5.84. The number of fused-ring (bicyclic) bond motifs is 1. The lowest BCUT2D eigenvalue weighted by Crippen LogP contribution is -2.30. The molecule has 1 fully saturated rings. The molecule has 4 rings (SSSR count). The fraction of sp³-hybridized carbons (Fsp3) is 0.348. The van der Waals surface area contributed by atoms with E-state index >= 15 is 0 Å². The predicted octanol–water partition coefficient (Wildman–Crippen LogP) is 3.21. The molecule has 0 atom stereocenters. The minimum Gasteiger partial charge on any atom is -0.464 e. The molecule has 0 spiro atoms. The highest BCUT2D eigenvalue weighted by atomic mass is 32.2. The van der Waals surface area contributed by atoms with Crippen LogP contribution in [0.25, 0.3) is 11.0 Å². The SMILES string of the molecule is COC(=O)c1c(Cc2ccc(S(C)(=O)=O)cc2)c(=O)c2ccc(C)nc2n1C1CCC1. The van der Waals surface area contributed by atoms with Crippen LogP contribution in [0.2, 0.25) is 0 Å². The Kier molecular flexibility index (Phi) is 5.43. The van der Waals surface area contributed by atoms with Gasteiger partial charge in [0.15, 0.2) is 15.3 Å². The van der Waals surface area contributed by atoms with Gasteiger partial charge < -0.3 is 9.30 Å². The lowest BCUT2D eigenvalue weighted by molar-refractivity contribution is 0.0580. The van der Waals surface area contributed by atoms with Crippen molar-refractivity contribution in [3.63, 3.8) is 0 Å². The molecule has 0 aliphatic heterocycles. The third-order valence-corrected chi connectivity index (χ3v) is 6.97. The Morgan fingerprint density at radius 2 is 1.84 bits per heavy atom. The zero-order valence-corrected chi connectivity index (χ0v) is 18.5. The van der Waals surface area contributed by atoms with Gasteiger partial charge in [0.05, 0.1) is 17.4 Å². The Balaban J connectivity index is 1.95. The topological polar surface area (TPSA) is 95.3 Å². The van der Waals surface area contributed by atoms with Gasteiger partial charge in [-0.05, 0) is 56.0 Å². The zero-order chi connectivity index (χ0) is 22.3. The van der Waals surface area contributed by atoms with Crippen LogP contribution in [0.15, 0.2) is 46.1 Å². The summed E-state index contributed by atoms with van der Waals surface area (Å²) in [6, 6.07) is 9.99. The third kappa shape index (κ3) is 3.87. The van der Waals surface area contributed by atoms with Crippen molar-refractivity contribution in [2.45, 2.75) is 43.5 Å². The maximum atomic E-state index is 13.4. The number of carbonyl (C=O) groups is 1. The predicted molar refractivity (Wildman–Crippen MR) is 117 cm³/mol. The summed E-state index contributed by atoms with van der Waals surface area (Å²) < 4.78 is 30.4. The van der Waals surface area contributed by atoms with E-state index in [1.54, 1.807) is 24.3 Å². The second-order valence-corrected chi connectivity index (χ2v) is 10.0. The van der Waals surface area contributed by atoms with E-state index in [1.807, 2.05) is 11.5 Å². The van der Waals surface area contributed by atoms with Crippen LogP contribution in [0.3, 0.4) is 0 Å². The number of benzene rings is 1. The molecule has 162 valence electrons. The number of hydrogen-bond acceptors (Lipinski definition) is 6. The van der Waals surface area contributed by atoms with Crippen molar-refractivity contribution in [1.82, 2.24) is 9.55 Å². The lowest BCUT2D eigenvalue weighted by atomic mass is 9.90. The number of rotatable bonds is 5. The van der Waals surface area contributed by atoms with Gasteiger partial charge in [-0.1, -0.05) is 12.1 Å². The first kappa shape index (κ1) is 21.2. The maximum absolute atomic E-state index is 13.4. The van der Waals surface area contributed by atoms with Crippen LogP contribution >= 0.6 is 0 Å². The fourth-order valence-electron chi connectivity index (χ4n) is 3.97. The van der Waals surface area contributed by atoms with Gasteiger partial charge in [-0.15, -0.1) is 0 Å². The molecule has 0 bridgehead atoms. The van der Waals surface area contributed by atoms with Crippen LogP contribution in [0.1, 0.15) is 52.6 Å². The van der Waals surface area contributed by atoms with Crippen molar-refractivity contribution in [2.24, 2.45) is 0 Å². The first-order valence-corrected chi connectivity index (χ1v) is 12.0. The lowest BCUT2D eigenvalue weighted by Gasteiger charge is -2.32. The number of hydrogen-bond donors (Lipinski definition) is 0. The number of carbonyl (C=O) groups excluding carboxylic acids is 1. The highest BCUT2D eigenvalue weighted by Gasteiger charge is 2.30. The summed E-state index contributed by atoms with van der Waals surface area (Å²) in [5.41, 5.74) is 2.31. The molecule has 7 nitrogen and oxygen atoms in total. The molecule has 1 aliphatic rings. The van der Waals surface area contributed by atoms with E-state index in [-0.39, 0.29) is 28.5 Å². The Morgan fingerprint density at radius 1 is 1.16 bits per heavy atom. The van der Waals surface area contributed by atoms with Gasteiger partial charge >= 0.3 is 5.97 Å². The van der Waals surface area contributed by atoms with Crippen molar-refractivity contribution in [3.05, 3.63) is 69.1 Å². The molecule has 2 heterocycles. The Morgan fingerprint density at radius 3 is 2.39 bits per heavy atom.